The van der Waals surface area contributed by atoms with Crippen molar-refractivity contribution in [1.29, 1.82) is 0 Å². The number of H-pyrrole nitrogens is 1. The molecule has 3 amide bonds. The van der Waals surface area contributed by atoms with Crippen LogP contribution in [0.3, 0.4) is 0 Å². The summed E-state index contributed by atoms with van der Waals surface area (Å²) in [6.07, 6.45) is 1.69. The summed E-state index contributed by atoms with van der Waals surface area (Å²) in [6.45, 7) is 3.33. The van der Waals surface area contributed by atoms with E-state index in [0.717, 1.165) is 10.4 Å². The number of rotatable bonds is 5. The topological polar surface area (TPSA) is 126 Å². The van der Waals surface area contributed by atoms with Gasteiger partial charge in [-0.25, -0.2) is 19.7 Å². The van der Waals surface area contributed by atoms with Gasteiger partial charge in [0.15, 0.2) is 5.13 Å². The van der Waals surface area contributed by atoms with E-state index < -0.39 is 6.03 Å². The number of carbonyl (C=O) groups excluding carboxylic acids is 2. The van der Waals surface area contributed by atoms with Gasteiger partial charge in [0.25, 0.3) is 0 Å². The molecule has 0 radical (unpaired) electrons. The standard InChI is InChI=1S/C20H18N6O3S/c1-11-10-22-20(30-11)26(18(21)28)13-3-5-14(6-4-13)29-15-7-8-16-17(9-15)25-19(24-16)23-12(2)27/h3-10H,1-2H3,(H2,21,28)(H2,23,24,25,27). The molecular formula is C20H18N6O3S. The van der Waals surface area contributed by atoms with E-state index in [1.807, 2.05) is 6.92 Å². The zero-order valence-corrected chi connectivity index (χ0v) is 17.0. The molecule has 2 aromatic carbocycles. The molecule has 4 rings (SSSR count). The molecule has 30 heavy (non-hydrogen) atoms. The van der Waals surface area contributed by atoms with Crippen LogP contribution in [0.15, 0.2) is 48.7 Å². The number of nitrogens with one attached hydrogen (secondary N) is 2. The average molecular weight is 422 g/mol. The number of nitrogens with zero attached hydrogens (tertiary/aromatic N) is 3. The van der Waals surface area contributed by atoms with Crippen LogP contribution in [0.4, 0.5) is 21.6 Å². The van der Waals surface area contributed by atoms with E-state index in [-0.39, 0.29) is 5.91 Å². The van der Waals surface area contributed by atoms with E-state index in [9.17, 15) is 9.59 Å². The van der Waals surface area contributed by atoms with Crippen LogP contribution >= 0.6 is 11.3 Å². The number of aryl methyl sites for hydroxylation is 1. The van der Waals surface area contributed by atoms with E-state index in [4.69, 9.17) is 10.5 Å². The SMILES string of the molecule is CC(=O)Nc1nc2ccc(Oc3ccc(N(C(N)=O)c4ncc(C)s4)cc3)cc2[nH]1. The molecule has 0 saturated heterocycles. The quantitative estimate of drug-likeness (QED) is 0.442. The number of urea groups is 1. The van der Waals surface area contributed by atoms with E-state index >= 15 is 0 Å². The number of primary amides is 1. The van der Waals surface area contributed by atoms with Crippen LogP contribution in [-0.2, 0) is 4.79 Å². The number of hydrogen-bond acceptors (Lipinski definition) is 6. The van der Waals surface area contributed by atoms with Gasteiger partial charge in [-0.1, -0.05) is 0 Å². The van der Waals surface area contributed by atoms with Gasteiger partial charge in [-0.2, -0.15) is 0 Å². The number of imidazole rings is 1. The predicted molar refractivity (Wildman–Crippen MR) is 115 cm³/mol. The Hall–Kier alpha value is -3.92. The first-order valence-electron chi connectivity index (χ1n) is 8.96. The summed E-state index contributed by atoms with van der Waals surface area (Å²) in [5, 5.41) is 3.12. The lowest BCUT2D eigenvalue weighted by Gasteiger charge is -2.17. The summed E-state index contributed by atoms with van der Waals surface area (Å²) in [5.41, 5.74) is 7.57. The lowest BCUT2D eigenvalue weighted by molar-refractivity contribution is -0.114. The predicted octanol–water partition coefficient (Wildman–Crippen LogP) is 4.30. The number of fused-ring (bicyclic) bond motifs is 1. The van der Waals surface area contributed by atoms with E-state index in [1.54, 1.807) is 48.7 Å². The minimum atomic E-state index is -0.613. The first-order valence-corrected chi connectivity index (χ1v) is 9.78. The maximum absolute atomic E-state index is 11.9. The molecule has 4 N–H and O–H groups in total. The second kappa shape index (κ2) is 7.84. The van der Waals surface area contributed by atoms with Gasteiger partial charge in [-0.15, -0.1) is 11.3 Å². The highest BCUT2D eigenvalue weighted by Gasteiger charge is 2.18. The number of aromatic nitrogens is 3. The summed E-state index contributed by atoms with van der Waals surface area (Å²) >= 11 is 1.38. The fraction of sp³-hybridized carbons (Fsp3) is 0.100. The summed E-state index contributed by atoms with van der Waals surface area (Å²) in [6, 6.07) is 11.7. The molecule has 0 aliphatic rings. The Morgan fingerprint density at radius 3 is 2.53 bits per heavy atom. The van der Waals surface area contributed by atoms with Crippen LogP contribution in [-0.4, -0.2) is 26.9 Å². The second-order valence-corrected chi connectivity index (χ2v) is 7.68. The molecule has 0 aliphatic heterocycles. The molecule has 2 heterocycles. The van der Waals surface area contributed by atoms with Crippen molar-refractivity contribution in [2.24, 2.45) is 5.73 Å². The average Bonchev–Trinajstić information content (AvgIpc) is 3.27. The number of benzene rings is 2. The largest absolute Gasteiger partial charge is 0.457 e. The Bertz CT molecular complexity index is 1230. The second-order valence-electron chi connectivity index (χ2n) is 6.47. The number of nitrogens with two attached hydrogens (primary N) is 1. The minimum absolute atomic E-state index is 0.205. The van der Waals surface area contributed by atoms with Gasteiger partial charge in [0.1, 0.15) is 11.5 Å². The van der Waals surface area contributed by atoms with Crippen LogP contribution < -0.4 is 20.7 Å². The van der Waals surface area contributed by atoms with E-state index in [1.165, 1.54) is 23.2 Å². The normalized spacial score (nSPS) is 10.7. The molecule has 152 valence electrons. The third kappa shape index (κ3) is 4.08. The van der Waals surface area contributed by atoms with Gasteiger partial charge in [0.05, 0.1) is 16.7 Å². The zero-order chi connectivity index (χ0) is 21.3. The number of anilines is 3. The van der Waals surface area contributed by atoms with Gasteiger partial charge >= 0.3 is 6.03 Å². The fourth-order valence-corrected chi connectivity index (χ4v) is 3.64. The Balaban J connectivity index is 1.54. The Labute approximate surface area is 175 Å². The van der Waals surface area contributed by atoms with Crippen LogP contribution in [0.5, 0.6) is 11.5 Å². The molecule has 4 aromatic rings. The maximum Gasteiger partial charge on any atom is 0.325 e. The van der Waals surface area contributed by atoms with Crippen molar-refractivity contribution in [2.45, 2.75) is 13.8 Å². The first kappa shape index (κ1) is 19.4. The van der Waals surface area contributed by atoms with Gasteiger partial charge in [-0.3, -0.25) is 10.1 Å². The summed E-state index contributed by atoms with van der Waals surface area (Å²) < 4.78 is 5.90. The van der Waals surface area contributed by atoms with Crippen molar-refractivity contribution in [3.8, 4) is 11.5 Å². The first-order chi connectivity index (χ1) is 14.4. The smallest absolute Gasteiger partial charge is 0.325 e. The zero-order valence-electron chi connectivity index (χ0n) is 16.2. The Kier molecular flexibility index (Phi) is 5.07. The number of aromatic amines is 1. The van der Waals surface area contributed by atoms with Gasteiger partial charge < -0.3 is 15.5 Å². The Morgan fingerprint density at radius 1 is 1.17 bits per heavy atom. The molecule has 0 unspecified atom stereocenters. The lowest BCUT2D eigenvalue weighted by atomic mass is 10.2. The molecular weight excluding hydrogens is 404 g/mol. The highest BCUT2D eigenvalue weighted by Crippen LogP contribution is 2.32. The van der Waals surface area contributed by atoms with Gasteiger partial charge in [-0.05, 0) is 43.3 Å². The number of amides is 3. The number of hydrogen-bond donors (Lipinski definition) is 3. The molecule has 0 saturated carbocycles. The summed E-state index contributed by atoms with van der Waals surface area (Å²) in [4.78, 5) is 37.0. The van der Waals surface area contributed by atoms with Crippen molar-refractivity contribution in [2.75, 3.05) is 10.2 Å². The van der Waals surface area contributed by atoms with Crippen molar-refractivity contribution in [3.63, 3.8) is 0 Å². The Morgan fingerprint density at radius 2 is 1.90 bits per heavy atom. The molecule has 0 aliphatic carbocycles. The maximum atomic E-state index is 11.9. The van der Waals surface area contributed by atoms with Crippen molar-refractivity contribution in [1.82, 2.24) is 15.0 Å². The molecule has 9 nitrogen and oxygen atoms in total. The van der Waals surface area contributed by atoms with Crippen molar-refractivity contribution < 1.29 is 14.3 Å². The number of carbonyl (C=O) groups is 2. The monoisotopic (exact) mass is 422 g/mol. The fourth-order valence-electron chi connectivity index (χ4n) is 2.86. The molecule has 0 bridgehead atoms. The van der Waals surface area contributed by atoms with Crippen LogP contribution in [0.1, 0.15) is 11.8 Å². The van der Waals surface area contributed by atoms with Crippen LogP contribution in [0, 0.1) is 6.92 Å². The van der Waals surface area contributed by atoms with E-state index in [0.29, 0.717) is 33.8 Å². The number of thiazole rings is 1. The minimum Gasteiger partial charge on any atom is -0.457 e. The van der Waals surface area contributed by atoms with E-state index in [2.05, 4.69) is 20.3 Å². The highest BCUT2D eigenvalue weighted by atomic mass is 32.1. The molecule has 10 heteroatoms. The third-order valence-electron chi connectivity index (χ3n) is 4.10. The molecule has 2 aromatic heterocycles. The summed E-state index contributed by atoms with van der Waals surface area (Å²) in [7, 11) is 0. The van der Waals surface area contributed by atoms with Crippen LogP contribution in [0.25, 0.3) is 11.0 Å². The van der Waals surface area contributed by atoms with Crippen LogP contribution in [0.2, 0.25) is 0 Å². The molecule has 0 fully saturated rings. The third-order valence-corrected chi connectivity index (χ3v) is 5.00. The van der Waals surface area contributed by atoms with Gasteiger partial charge in [0, 0.05) is 24.1 Å². The van der Waals surface area contributed by atoms with Crippen molar-refractivity contribution in [3.05, 3.63) is 53.5 Å². The molecule has 0 atom stereocenters. The van der Waals surface area contributed by atoms with Gasteiger partial charge in [0.2, 0.25) is 11.9 Å². The summed E-state index contributed by atoms with van der Waals surface area (Å²) in [5.74, 6) is 1.35. The van der Waals surface area contributed by atoms with Crippen molar-refractivity contribution >= 4 is 51.1 Å². The highest BCUT2D eigenvalue weighted by molar-refractivity contribution is 7.15. The number of ether oxygens (including phenoxy) is 1. The lowest BCUT2D eigenvalue weighted by Crippen LogP contribution is -2.31. The molecule has 0 spiro atoms.